The molecule has 0 bridgehead atoms. The molecular formula is C20H21BrF2N2O4. The number of esters is 1. The Morgan fingerprint density at radius 1 is 1.31 bits per heavy atom. The highest BCUT2D eigenvalue weighted by molar-refractivity contribution is 9.10. The number of nitrogens with zero attached hydrogens (tertiary/aromatic N) is 2. The lowest BCUT2D eigenvalue weighted by atomic mass is 9.96. The van der Waals surface area contributed by atoms with Gasteiger partial charge in [0.1, 0.15) is 17.9 Å². The van der Waals surface area contributed by atoms with Crippen molar-refractivity contribution in [1.29, 1.82) is 0 Å². The van der Waals surface area contributed by atoms with Crippen molar-refractivity contribution in [3.05, 3.63) is 45.7 Å². The Morgan fingerprint density at radius 2 is 2.07 bits per heavy atom. The maximum Gasteiger partial charge on any atom is 0.333 e. The second-order valence-corrected chi connectivity index (χ2v) is 7.68. The predicted molar refractivity (Wildman–Crippen MR) is 104 cm³/mol. The number of aromatic nitrogens is 2. The summed E-state index contributed by atoms with van der Waals surface area (Å²) in [5, 5.41) is 3.72. The van der Waals surface area contributed by atoms with E-state index in [2.05, 4.69) is 21.0 Å². The summed E-state index contributed by atoms with van der Waals surface area (Å²) >= 11 is 3.41. The van der Waals surface area contributed by atoms with E-state index in [-0.39, 0.29) is 24.8 Å². The van der Waals surface area contributed by atoms with E-state index in [0.717, 1.165) is 35.5 Å². The number of carbonyl (C=O) groups is 2. The highest BCUT2D eigenvalue weighted by Crippen LogP contribution is 2.32. The van der Waals surface area contributed by atoms with Crippen LogP contribution in [0.1, 0.15) is 60.8 Å². The molecular weight excluding hydrogens is 450 g/mol. The predicted octanol–water partition coefficient (Wildman–Crippen LogP) is 4.70. The summed E-state index contributed by atoms with van der Waals surface area (Å²) in [5.41, 5.74) is 0.884. The second kappa shape index (κ2) is 9.47. The van der Waals surface area contributed by atoms with Crippen LogP contribution in [-0.4, -0.2) is 34.2 Å². The summed E-state index contributed by atoms with van der Waals surface area (Å²) in [6, 6.07) is 5.48. The van der Waals surface area contributed by atoms with Crippen LogP contribution in [0, 0.1) is 0 Å². The number of rotatable bonds is 9. The van der Waals surface area contributed by atoms with Crippen LogP contribution in [0.3, 0.4) is 0 Å². The molecule has 6 nitrogen and oxygen atoms in total. The SMILES string of the molecule is CCOC(=O)CC(=O)c1nn(C(F)F)cc1Cc1cc(Br)ccc1OC1CCC1. The van der Waals surface area contributed by atoms with Crippen molar-refractivity contribution in [2.24, 2.45) is 0 Å². The van der Waals surface area contributed by atoms with Gasteiger partial charge in [-0.15, -0.1) is 0 Å². The zero-order valence-electron chi connectivity index (χ0n) is 15.9. The molecule has 1 saturated carbocycles. The van der Waals surface area contributed by atoms with E-state index < -0.39 is 24.7 Å². The molecule has 2 aromatic rings. The van der Waals surface area contributed by atoms with Crippen LogP contribution in [0.2, 0.25) is 0 Å². The van der Waals surface area contributed by atoms with Crippen molar-refractivity contribution >= 4 is 27.7 Å². The number of hydrogen-bond acceptors (Lipinski definition) is 5. The summed E-state index contributed by atoms with van der Waals surface area (Å²) in [4.78, 5) is 24.1. The Bertz CT molecular complexity index is 897. The molecule has 9 heteroatoms. The largest absolute Gasteiger partial charge is 0.490 e. The van der Waals surface area contributed by atoms with Crippen LogP contribution in [0.5, 0.6) is 5.75 Å². The van der Waals surface area contributed by atoms with Crippen LogP contribution in [-0.2, 0) is 16.0 Å². The van der Waals surface area contributed by atoms with E-state index in [1.807, 2.05) is 18.2 Å². The average molecular weight is 471 g/mol. The first-order valence-electron chi connectivity index (χ1n) is 9.37. The molecule has 1 aromatic carbocycles. The topological polar surface area (TPSA) is 70.4 Å². The fraction of sp³-hybridized carbons (Fsp3) is 0.450. The number of benzene rings is 1. The van der Waals surface area contributed by atoms with Crippen molar-refractivity contribution in [3.63, 3.8) is 0 Å². The molecule has 0 radical (unpaired) electrons. The molecule has 1 aromatic heterocycles. The summed E-state index contributed by atoms with van der Waals surface area (Å²) in [5.74, 6) is -0.729. The van der Waals surface area contributed by atoms with Gasteiger partial charge in [0.2, 0.25) is 0 Å². The van der Waals surface area contributed by atoms with Crippen LogP contribution in [0.25, 0.3) is 0 Å². The van der Waals surface area contributed by atoms with E-state index >= 15 is 0 Å². The third-order valence-corrected chi connectivity index (χ3v) is 5.12. The molecule has 0 aliphatic heterocycles. The van der Waals surface area contributed by atoms with Crippen molar-refractivity contribution in [1.82, 2.24) is 9.78 Å². The molecule has 1 aliphatic rings. The molecule has 3 rings (SSSR count). The molecule has 29 heavy (non-hydrogen) atoms. The summed E-state index contributed by atoms with van der Waals surface area (Å²) in [6.07, 6.45) is 3.96. The summed E-state index contributed by atoms with van der Waals surface area (Å²) in [7, 11) is 0. The fourth-order valence-corrected chi connectivity index (χ4v) is 3.40. The molecule has 0 spiro atoms. The highest BCUT2D eigenvalue weighted by Gasteiger charge is 2.25. The smallest absolute Gasteiger partial charge is 0.333 e. The zero-order chi connectivity index (χ0) is 21.0. The highest BCUT2D eigenvalue weighted by atomic mass is 79.9. The number of halogens is 3. The number of ketones is 1. The molecule has 156 valence electrons. The van der Waals surface area contributed by atoms with Gasteiger partial charge in [-0.1, -0.05) is 15.9 Å². The molecule has 1 fully saturated rings. The first-order valence-corrected chi connectivity index (χ1v) is 10.2. The number of Topliss-reactive ketones (excluding diaryl/α,β-unsaturated/α-hetero) is 1. The van der Waals surface area contributed by atoms with Crippen molar-refractivity contribution in [2.45, 2.75) is 51.7 Å². The third-order valence-electron chi connectivity index (χ3n) is 4.63. The average Bonchev–Trinajstić information content (AvgIpc) is 3.04. The summed E-state index contributed by atoms with van der Waals surface area (Å²) < 4.78 is 38.4. The van der Waals surface area contributed by atoms with Crippen molar-refractivity contribution in [3.8, 4) is 5.75 Å². The summed E-state index contributed by atoms with van der Waals surface area (Å²) in [6.45, 7) is -1.15. The molecule has 1 heterocycles. The van der Waals surface area contributed by atoms with E-state index in [0.29, 0.717) is 16.0 Å². The third kappa shape index (κ3) is 5.41. The van der Waals surface area contributed by atoms with Gasteiger partial charge in [0.15, 0.2) is 5.78 Å². The monoisotopic (exact) mass is 470 g/mol. The van der Waals surface area contributed by atoms with Crippen LogP contribution in [0.15, 0.2) is 28.9 Å². The van der Waals surface area contributed by atoms with Crippen LogP contribution < -0.4 is 4.74 Å². The van der Waals surface area contributed by atoms with Gasteiger partial charge >= 0.3 is 12.5 Å². The number of alkyl halides is 2. The number of hydrogen-bond donors (Lipinski definition) is 0. The first-order chi connectivity index (χ1) is 13.9. The Balaban J connectivity index is 1.89. The molecule has 0 saturated heterocycles. The Kier molecular flexibility index (Phi) is 7.00. The second-order valence-electron chi connectivity index (χ2n) is 6.77. The molecule has 0 amide bonds. The van der Waals surface area contributed by atoms with Crippen molar-refractivity contribution < 1.29 is 27.8 Å². The number of carbonyl (C=O) groups excluding carboxylic acids is 2. The molecule has 0 unspecified atom stereocenters. The van der Waals surface area contributed by atoms with Crippen LogP contribution >= 0.6 is 15.9 Å². The van der Waals surface area contributed by atoms with Gasteiger partial charge in [0.05, 0.1) is 12.7 Å². The van der Waals surface area contributed by atoms with E-state index in [4.69, 9.17) is 9.47 Å². The Hall–Kier alpha value is -2.29. The minimum absolute atomic E-state index is 0.129. The lowest BCUT2D eigenvalue weighted by molar-refractivity contribution is -0.141. The maximum absolute atomic E-state index is 13.2. The van der Waals surface area contributed by atoms with Gasteiger partial charge in [-0.2, -0.15) is 13.9 Å². The van der Waals surface area contributed by atoms with E-state index in [9.17, 15) is 18.4 Å². The Morgan fingerprint density at radius 3 is 2.69 bits per heavy atom. The molecule has 0 N–H and O–H groups in total. The van der Waals surface area contributed by atoms with Crippen molar-refractivity contribution in [2.75, 3.05) is 6.61 Å². The minimum Gasteiger partial charge on any atom is -0.490 e. The maximum atomic E-state index is 13.2. The Labute approximate surface area is 175 Å². The minimum atomic E-state index is -2.90. The zero-order valence-corrected chi connectivity index (χ0v) is 17.5. The van der Waals surface area contributed by atoms with Gasteiger partial charge in [-0.25, -0.2) is 4.68 Å². The molecule has 1 aliphatic carbocycles. The van der Waals surface area contributed by atoms with E-state index in [1.165, 1.54) is 0 Å². The quantitative estimate of drug-likeness (QED) is 0.301. The van der Waals surface area contributed by atoms with Gasteiger partial charge < -0.3 is 9.47 Å². The van der Waals surface area contributed by atoms with Crippen LogP contribution in [0.4, 0.5) is 8.78 Å². The number of ether oxygens (including phenoxy) is 2. The standard InChI is InChI=1S/C20H21BrF2N2O4/c1-2-28-18(27)10-16(26)19-13(11-25(24-19)20(22)23)8-12-9-14(21)6-7-17(12)29-15-4-3-5-15/h6-7,9,11,15,20H,2-5,8,10H2,1H3. The normalized spacial score (nSPS) is 14.0. The van der Waals surface area contributed by atoms with Gasteiger partial charge in [0.25, 0.3) is 0 Å². The first kappa shape index (κ1) is 21.4. The van der Waals surface area contributed by atoms with E-state index in [1.54, 1.807) is 6.92 Å². The van der Waals surface area contributed by atoms with Gasteiger partial charge in [-0.3, -0.25) is 9.59 Å². The van der Waals surface area contributed by atoms with Gasteiger partial charge in [-0.05, 0) is 49.9 Å². The van der Waals surface area contributed by atoms with Gasteiger partial charge in [0, 0.05) is 22.7 Å². The molecule has 0 atom stereocenters. The fourth-order valence-electron chi connectivity index (χ4n) is 2.99. The lowest BCUT2D eigenvalue weighted by Crippen LogP contribution is -2.25. The lowest BCUT2D eigenvalue weighted by Gasteiger charge is -2.27.